The van der Waals surface area contributed by atoms with E-state index in [0.29, 0.717) is 36.1 Å². The maximum absolute atomic E-state index is 13.9. The SMILES string of the molecule is CNC1CCC(NC(=O)c2ccc(-c3ccc(C[C@H](CC(=O)C4CCC(CNC(=O)OC(C)(C)C)CC4)C(=O)Nc4ccc(-c5nn[nH]n5)cc4)cc3)c(C)c2)CC1. The Bertz CT molecular complexity index is 1990. The largest absolute Gasteiger partial charge is 0.444 e. The average molecular weight is 791 g/mol. The minimum Gasteiger partial charge on any atom is -0.444 e. The summed E-state index contributed by atoms with van der Waals surface area (Å²) >= 11 is 0. The molecule has 58 heavy (non-hydrogen) atoms. The van der Waals surface area contributed by atoms with Gasteiger partial charge in [0.05, 0.1) is 0 Å². The van der Waals surface area contributed by atoms with Gasteiger partial charge in [0, 0.05) is 53.7 Å². The molecule has 1 heterocycles. The third-order valence-corrected chi connectivity index (χ3v) is 11.5. The van der Waals surface area contributed by atoms with Crippen molar-refractivity contribution >= 4 is 29.4 Å². The van der Waals surface area contributed by atoms with E-state index in [4.69, 9.17) is 4.74 Å². The predicted molar refractivity (Wildman–Crippen MR) is 224 cm³/mol. The number of aromatic amines is 1. The number of nitrogens with zero attached hydrogens (tertiary/aromatic N) is 3. The molecular formula is C45H58N8O5. The van der Waals surface area contributed by atoms with Crippen molar-refractivity contribution in [2.45, 2.75) is 110 Å². The maximum atomic E-state index is 13.9. The van der Waals surface area contributed by atoms with Crippen molar-refractivity contribution in [3.63, 3.8) is 0 Å². The van der Waals surface area contributed by atoms with Gasteiger partial charge < -0.3 is 26.0 Å². The molecule has 5 N–H and O–H groups in total. The number of aromatic nitrogens is 4. The zero-order chi connectivity index (χ0) is 41.2. The number of carbonyl (C=O) groups excluding carboxylic acids is 4. The summed E-state index contributed by atoms with van der Waals surface area (Å²) in [6.45, 7) is 8.04. The van der Waals surface area contributed by atoms with E-state index in [1.54, 1.807) is 12.1 Å². The van der Waals surface area contributed by atoms with Gasteiger partial charge in [0.1, 0.15) is 11.4 Å². The summed E-state index contributed by atoms with van der Waals surface area (Å²) in [5.74, 6) is -0.166. The first kappa shape index (κ1) is 42.2. The first-order valence-electron chi connectivity index (χ1n) is 20.7. The van der Waals surface area contributed by atoms with E-state index in [0.717, 1.165) is 79.2 Å². The molecule has 0 bridgehead atoms. The second-order valence-electron chi connectivity index (χ2n) is 17.0. The van der Waals surface area contributed by atoms with Gasteiger partial charge in [-0.3, -0.25) is 14.4 Å². The topological polar surface area (TPSA) is 180 Å². The number of ketones is 1. The summed E-state index contributed by atoms with van der Waals surface area (Å²) in [5, 5.41) is 26.6. The van der Waals surface area contributed by atoms with Gasteiger partial charge in [0.15, 0.2) is 0 Å². The third kappa shape index (κ3) is 11.8. The molecule has 2 aliphatic rings. The van der Waals surface area contributed by atoms with E-state index in [2.05, 4.69) is 41.9 Å². The number of ether oxygens (including phenoxy) is 1. The number of nitrogens with one attached hydrogen (secondary N) is 5. The molecule has 0 aliphatic heterocycles. The van der Waals surface area contributed by atoms with Crippen molar-refractivity contribution in [3.8, 4) is 22.5 Å². The van der Waals surface area contributed by atoms with Crippen molar-refractivity contribution < 1.29 is 23.9 Å². The molecule has 0 saturated heterocycles. The van der Waals surface area contributed by atoms with Gasteiger partial charge in [-0.05, 0) is 162 Å². The monoisotopic (exact) mass is 790 g/mol. The van der Waals surface area contributed by atoms with Crippen LogP contribution in [0.4, 0.5) is 10.5 Å². The number of carbonyl (C=O) groups is 4. The fourth-order valence-corrected chi connectivity index (χ4v) is 8.16. The normalized spacial score (nSPS) is 20.1. The molecule has 1 atom stereocenters. The van der Waals surface area contributed by atoms with Crippen LogP contribution in [0.3, 0.4) is 0 Å². The second kappa shape index (κ2) is 19.3. The van der Waals surface area contributed by atoms with Crippen molar-refractivity contribution in [2.24, 2.45) is 17.8 Å². The van der Waals surface area contributed by atoms with E-state index in [9.17, 15) is 19.2 Å². The van der Waals surface area contributed by atoms with Crippen LogP contribution < -0.4 is 21.3 Å². The number of hydrogen-bond acceptors (Lipinski definition) is 9. The highest BCUT2D eigenvalue weighted by Gasteiger charge is 2.31. The summed E-state index contributed by atoms with van der Waals surface area (Å²) < 4.78 is 5.37. The molecule has 0 spiro atoms. The zero-order valence-corrected chi connectivity index (χ0v) is 34.4. The molecule has 3 amide bonds. The molecule has 2 fully saturated rings. The molecule has 0 radical (unpaired) electrons. The van der Waals surface area contributed by atoms with Crippen LogP contribution in [0.15, 0.2) is 66.7 Å². The summed E-state index contributed by atoms with van der Waals surface area (Å²) in [6.07, 6.45) is 7.25. The Morgan fingerprint density at radius 3 is 2.14 bits per heavy atom. The smallest absolute Gasteiger partial charge is 0.407 e. The maximum Gasteiger partial charge on any atom is 0.407 e. The molecule has 1 aromatic heterocycles. The fourth-order valence-electron chi connectivity index (χ4n) is 8.16. The number of aryl methyl sites for hydroxylation is 1. The highest BCUT2D eigenvalue weighted by molar-refractivity contribution is 5.96. The van der Waals surface area contributed by atoms with Crippen LogP contribution in [0.25, 0.3) is 22.5 Å². The van der Waals surface area contributed by atoms with Crippen molar-refractivity contribution in [2.75, 3.05) is 18.9 Å². The molecule has 13 nitrogen and oxygen atoms in total. The van der Waals surface area contributed by atoms with Gasteiger partial charge in [-0.1, -0.05) is 30.3 Å². The Kier molecular flexibility index (Phi) is 14.1. The van der Waals surface area contributed by atoms with Gasteiger partial charge in [-0.25, -0.2) is 4.79 Å². The lowest BCUT2D eigenvalue weighted by atomic mass is 9.77. The molecular weight excluding hydrogens is 733 g/mol. The van der Waals surface area contributed by atoms with Gasteiger partial charge in [0.2, 0.25) is 11.7 Å². The molecule has 4 aromatic rings. The zero-order valence-electron chi connectivity index (χ0n) is 34.4. The van der Waals surface area contributed by atoms with Crippen LogP contribution in [0.1, 0.15) is 100 Å². The lowest BCUT2D eigenvalue weighted by Gasteiger charge is -2.29. The Morgan fingerprint density at radius 2 is 1.52 bits per heavy atom. The van der Waals surface area contributed by atoms with Crippen LogP contribution in [-0.4, -0.2) is 75.6 Å². The van der Waals surface area contributed by atoms with Gasteiger partial charge in [0.25, 0.3) is 5.91 Å². The minimum atomic E-state index is -0.588. The number of alkyl carbamates (subject to hydrolysis) is 1. The highest BCUT2D eigenvalue weighted by atomic mass is 16.6. The molecule has 0 unspecified atom stereocenters. The number of Topliss-reactive ketones (excluding diaryl/α,β-unsaturated/α-hetero) is 1. The van der Waals surface area contributed by atoms with E-state index in [-0.39, 0.29) is 41.9 Å². The molecule has 3 aromatic carbocycles. The van der Waals surface area contributed by atoms with E-state index in [1.807, 2.05) is 89.3 Å². The number of anilines is 1. The number of amides is 3. The summed E-state index contributed by atoms with van der Waals surface area (Å²) in [7, 11) is 1.99. The predicted octanol–water partition coefficient (Wildman–Crippen LogP) is 7.19. The van der Waals surface area contributed by atoms with Crippen LogP contribution in [0.5, 0.6) is 0 Å². The van der Waals surface area contributed by atoms with E-state index >= 15 is 0 Å². The van der Waals surface area contributed by atoms with Crippen molar-refractivity contribution in [3.05, 3.63) is 83.4 Å². The quantitative estimate of drug-likeness (QED) is 0.0884. The Hall–Kier alpha value is -5.43. The molecule has 6 rings (SSSR count). The summed E-state index contributed by atoms with van der Waals surface area (Å²) in [5.41, 5.74) is 5.45. The number of tetrazole rings is 1. The summed E-state index contributed by atoms with van der Waals surface area (Å²) in [4.78, 5) is 53.0. The average Bonchev–Trinajstić information content (AvgIpc) is 3.76. The number of rotatable bonds is 14. The standard InChI is InChI=1S/C45H58N8O5/c1-28-24-34(42(55)48-38-21-19-36(46-5)20-22-38)16-23-39(28)31-10-6-29(7-11-31)25-35(43(56)49-37-17-14-33(15-18-37)41-50-52-53-51-41)26-40(54)32-12-8-30(9-13-32)27-47-44(57)58-45(2,3)4/h6-7,10-11,14-18,23-24,30,32,35-36,38,46H,8-9,12-13,19-22,25-27H2,1-5H3,(H,47,57)(H,48,55)(H,49,56)(H,50,51,52,53)/t30?,32?,35-,36?,38?/m1/s1. The first-order valence-corrected chi connectivity index (χ1v) is 20.7. The molecule has 2 aliphatic carbocycles. The third-order valence-electron chi connectivity index (χ3n) is 11.5. The Labute approximate surface area is 341 Å². The van der Waals surface area contributed by atoms with Crippen LogP contribution >= 0.6 is 0 Å². The Morgan fingerprint density at radius 1 is 0.845 bits per heavy atom. The molecule has 308 valence electrons. The lowest BCUT2D eigenvalue weighted by Crippen LogP contribution is -2.41. The fraction of sp³-hybridized carbons (Fsp3) is 0.489. The van der Waals surface area contributed by atoms with Crippen LogP contribution in [0, 0.1) is 24.7 Å². The van der Waals surface area contributed by atoms with Crippen molar-refractivity contribution in [1.82, 2.24) is 36.6 Å². The second-order valence-corrected chi connectivity index (χ2v) is 17.0. The lowest BCUT2D eigenvalue weighted by molar-refractivity contribution is -0.129. The molecule has 2 saturated carbocycles. The first-order chi connectivity index (χ1) is 27.8. The number of hydrogen-bond donors (Lipinski definition) is 5. The van der Waals surface area contributed by atoms with E-state index < -0.39 is 17.6 Å². The van der Waals surface area contributed by atoms with Crippen LogP contribution in [0.2, 0.25) is 0 Å². The number of benzene rings is 3. The number of H-pyrrole nitrogens is 1. The van der Waals surface area contributed by atoms with E-state index in [1.165, 1.54) is 0 Å². The highest BCUT2D eigenvalue weighted by Crippen LogP contribution is 2.32. The van der Waals surface area contributed by atoms with Gasteiger partial charge in [-0.2, -0.15) is 5.21 Å². The van der Waals surface area contributed by atoms with Crippen molar-refractivity contribution in [1.29, 1.82) is 0 Å². The van der Waals surface area contributed by atoms with Gasteiger partial charge in [-0.15, -0.1) is 10.2 Å². The van der Waals surface area contributed by atoms with Crippen LogP contribution in [-0.2, 0) is 20.7 Å². The molecule has 13 heteroatoms. The Balaban J connectivity index is 1.09. The summed E-state index contributed by atoms with van der Waals surface area (Å²) in [6, 6.07) is 21.9. The minimum absolute atomic E-state index is 0.0389. The van der Waals surface area contributed by atoms with Gasteiger partial charge >= 0.3 is 6.09 Å².